The highest BCUT2D eigenvalue weighted by molar-refractivity contribution is 6.22. The summed E-state index contributed by atoms with van der Waals surface area (Å²) in [4.78, 5) is 11.4. The molecule has 0 spiro atoms. The molecule has 0 aliphatic carbocycles. The van der Waals surface area contributed by atoms with E-state index in [4.69, 9.17) is 20.4 Å². The van der Waals surface area contributed by atoms with Crippen molar-refractivity contribution >= 4 is 22.7 Å². The van der Waals surface area contributed by atoms with Crippen molar-refractivity contribution in [2.75, 3.05) is 0 Å². The van der Waals surface area contributed by atoms with Gasteiger partial charge in [0.1, 0.15) is 11.1 Å². The number of aryl methyl sites for hydroxylation is 1. The molecule has 2 heterocycles. The SMILES string of the molecule is Cn1c(=O)oc2cc(C(Cl)c3ccco3)ccc21. The Balaban J connectivity index is 2.11. The molecular weight excluding hydrogens is 254 g/mol. The van der Waals surface area contributed by atoms with Gasteiger partial charge in [0.25, 0.3) is 0 Å². The molecule has 18 heavy (non-hydrogen) atoms. The molecular formula is C13H10ClNO3. The molecule has 1 unspecified atom stereocenters. The number of hydrogen-bond donors (Lipinski definition) is 0. The van der Waals surface area contributed by atoms with Crippen LogP contribution in [0.4, 0.5) is 0 Å². The van der Waals surface area contributed by atoms with Crippen LogP contribution in [0.25, 0.3) is 11.1 Å². The first kappa shape index (κ1) is 11.2. The van der Waals surface area contributed by atoms with Crippen LogP contribution in [0.1, 0.15) is 16.7 Å². The predicted octanol–water partition coefficient (Wildman–Crippen LogP) is 3.05. The molecule has 3 aromatic rings. The Hall–Kier alpha value is -1.94. The first-order chi connectivity index (χ1) is 8.66. The largest absolute Gasteiger partial charge is 0.467 e. The molecule has 5 heteroatoms. The van der Waals surface area contributed by atoms with Crippen LogP contribution in [0.3, 0.4) is 0 Å². The van der Waals surface area contributed by atoms with Crippen molar-refractivity contribution in [3.8, 4) is 0 Å². The molecule has 0 amide bonds. The van der Waals surface area contributed by atoms with Crippen molar-refractivity contribution in [1.82, 2.24) is 4.57 Å². The molecule has 0 fully saturated rings. The van der Waals surface area contributed by atoms with E-state index in [1.807, 2.05) is 18.2 Å². The number of oxazole rings is 1. The number of alkyl halides is 1. The van der Waals surface area contributed by atoms with Crippen LogP contribution in [0.2, 0.25) is 0 Å². The van der Waals surface area contributed by atoms with Gasteiger partial charge in [-0.25, -0.2) is 4.79 Å². The van der Waals surface area contributed by atoms with Gasteiger partial charge in [0, 0.05) is 7.05 Å². The Labute approximate surface area is 107 Å². The average molecular weight is 264 g/mol. The Morgan fingerprint density at radius 2 is 2.17 bits per heavy atom. The van der Waals surface area contributed by atoms with Crippen LogP contribution in [-0.4, -0.2) is 4.57 Å². The summed E-state index contributed by atoms with van der Waals surface area (Å²) in [7, 11) is 1.67. The fourth-order valence-corrected chi connectivity index (χ4v) is 2.17. The number of rotatable bonds is 2. The summed E-state index contributed by atoms with van der Waals surface area (Å²) in [6, 6.07) is 9.02. The van der Waals surface area contributed by atoms with Crippen molar-refractivity contribution in [2.45, 2.75) is 5.38 Å². The fourth-order valence-electron chi connectivity index (χ4n) is 1.91. The summed E-state index contributed by atoms with van der Waals surface area (Å²) in [5.41, 5.74) is 2.10. The molecule has 0 saturated heterocycles. The third kappa shape index (κ3) is 1.66. The molecule has 4 nitrogen and oxygen atoms in total. The first-order valence-corrected chi connectivity index (χ1v) is 5.87. The van der Waals surface area contributed by atoms with Gasteiger partial charge < -0.3 is 8.83 Å². The zero-order chi connectivity index (χ0) is 12.7. The second-order valence-electron chi connectivity index (χ2n) is 4.03. The van der Waals surface area contributed by atoms with Crippen molar-refractivity contribution < 1.29 is 8.83 Å². The van der Waals surface area contributed by atoms with Crippen LogP contribution in [0, 0.1) is 0 Å². The number of hydrogen-bond acceptors (Lipinski definition) is 3. The van der Waals surface area contributed by atoms with Gasteiger partial charge in [0.15, 0.2) is 5.58 Å². The van der Waals surface area contributed by atoms with Crippen LogP contribution >= 0.6 is 11.6 Å². The minimum Gasteiger partial charge on any atom is -0.467 e. The lowest BCUT2D eigenvalue weighted by molar-refractivity contribution is 0.515. The molecule has 0 N–H and O–H groups in total. The molecule has 0 bridgehead atoms. The van der Waals surface area contributed by atoms with E-state index in [2.05, 4.69) is 0 Å². The molecule has 1 atom stereocenters. The Bertz CT molecular complexity index is 739. The van der Waals surface area contributed by atoms with E-state index in [1.165, 1.54) is 4.57 Å². The van der Waals surface area contributed by atoms with Crippen molar-refractivity contribution in [1.29, 1.82) is 0 Å². The van der Waals surface area contributed by atoms with E-state index in [9.17, 15) is 4.79 Å². The van der Waals surface area contributed by atoms with Gasteiger partial charge >= 0.3 is 5.76 Å². The molecule has 1 aromatic carbocycles. The summed E-state index contributed by atoms with van der Waals surface area (Å²) in [5, 5.41) is -0.394. The molecule has 2 aromatic heterocycles. The van der Waals surface area contributed by atoms with E-state index in [0.717, 1.165) is 11.1 Å². The topological polar surface area (TPSA) is 48.3 Å². The normalized spacial score (nSPS) is 13.0. The molecule has 0 aliphatic rings. The highest BCUT2D eigenvalue weighted by Crippen LogP contribution is 2.30. The zero-order valence-corrected chi connectivity index (χ0v) is 10.3. The molecule has 0 saturated carbocycles. The van der Waals surface area contributed by atoms with Crippen LogP contribution < -0.4 is 5.76 Å². The molecule has 0 aliphatic heterocycles. The van der Waals surface area contributed by atoms with Gasteiger partial charge in [-0.2, -0.15) is 0 Å². The van der Waals surface area contributed by atoms with Gasteiger partial charge in [0.2, 0.25) is 0 Å². The highest BCUT2D eigenvalue weighted by Gasteiger charge is 2.15. The highest BCUT2D eigenvalue weighted by atomic mass is 35.5. The summed E-state index contributed by atoms with van der Waals surface area (Å²) < 4.78 is 11.8. The van der Waals surface area contributed by atoms with E-state index in [-0.39, 0.29) is 5.76 Å². The number of aromatic nitrogens is 1. The van der Waals surface area contributed by atoms with Gasteiger partial charge in [0.05, 0.1) is 11.8 Å². The quantitative estimate of drug-likeness (QED) is 0.668. The third-order valence-corrected chi connectivity index (χ3v) is 3.37. The number of fused-ring (bicyclic) bond motifs is 1. The lowest BCUT2D eigenvalue weighted by Crippen LogP contribution is -2.08. The van der Waals surface area contributed by atoms with Gasteiger partial charge in [-0.3, -0.25) is 4.57 Å². The standard InChI is InChI=1S/C13H10ClNO3/c1-15-9-5-4-8(7-11(9)18-13(15)16)12(14)10-3-2-6-17-10/h2-7,12H,1H3. The number of halogens is 1. The second-order valence-corrected chi connectivity index (χ2v) is 4.47. The van der Waals surface area contributed by atoms with Crippen molar-refractivity contribution in [3.63, 3.8) is 0 Å². The van der Waals surface area contributed by atoms with E-state index >= 15 is 0 Å². The maximum Gasteiger partial charge on any atom is 0.419 e. The predicted molar refractivity (Wildman–Crippen MR) is 67.9 cm³/mol. The smallest absolute Gasteiger partial charge is 0.419 e. The molecule has 3 rings (SSSR count). The number of nitrogens with zero attached hydrogens (tertiary/aromatic N) is 1. The summed E-state index contributed by atoms with van der Waals surface area (Å²) in [6.45, 7) is 0. The number of furan rings is 1. The first-order valence-electron chi connectivity index (χ1n) is 5.44. The van der Waals surface area contributed by atoms with Crippen molar-refractivity contribution in [2.24, 2.45) is 7.05 Å². The van der Waals surface area contributed by atoms with Gasteiger partial charge in [-0.05, 0) is 29.8 Å². The summed E-state index contributed by atoms with van der Waals surface area (Å²) >= 11 is 6.30. The lowest BCUT2D eigenvalue weighted by Gasteiger charge is -2.06. The monoisotopic (exact) mass is 263 g/mol. The minimum atomic E-state index is -0.394. The molecule has 92 valence electrons. The van der Waals surface area contributed by atoms with Crippen LogP contribution in [0.5, 0.6) is 0 Å². The van der Waals surface area contributed by atoms with Gasteiger partial charge in [-0.15, -0.1) is 11.6 Å². The molecule has 0 radical (unpaired) electrons. The van der Waals surface area contributed by atoms with Crippen molar-refractivity contribution in [3.05, 3.63) is 58.5 Å². The Kier molecular flexibility index (Phi) is 2.52. The van der Waals surface area contributed by atoms with Crippen LogP contribution in [0.15, 0.2) is 50.2 Å². The Morgan fingerprint density at radius 3 is 2.89 bits per heavy atom. The van der Waals surface area contributed by atoms with E-state index in [1.54, 1.807) is 25.4 Å². The minimum absolute atomic E-state index is 0.383. The maximum atomic E-state index is 11.4. The maximum absolute atomic E-state index is 11.4. The fraction of sp³-hybridized carbons (Fsp3) is 0.154. The zero-order valence-electron chi connectivity index (χ0n) is 9.59. The number of benzene rings is 1. The van der Waals surface area contributed by atoms with Crippen LogP contribution in [-0.2, 0) is 7.05 Å². The average Bonchev–Trinajstić information content (AvgIpc) is 2.98. The van der Waals surface area contributed by atoms with Gasteiger partial charge in [-0.1, -0.05) is 6.07 Å². The lowest BCUT2D eigenvalue weighted by atomic mass is 10.1. The van der Waals surface area contributed by atoms with E-state index < -0.39 is 5.38 Å². The Morgan fingerprint density at radius 1 is 1.33 bits per heavy atom. The van der Waals surface area contributed by atoms with E-state index in [0.29, 0.717) is 11.3 Å². The summed E-state index contributed by atoms with van der Waals surface area (Å²) in [6.07, 6.45) is 1.58. The summed E-state index contributed by atoms with van der Waals surface area (Å²) in [5.74, 6) is 0.278. The third-order valence-electron chi connectivity index (χ3n) is 2.90. The second kappa shape index (κ2) is 4.07.